The van der Waals surface area contributed by atoms with Crippen LogP contribution in [-0.2, 0) is 6.54 Å². The van der Waals surface area contributed by atoms with Crippen LogP contribution >= 0.6 is 0 Å². The summed E-state index contributed by atoms with van der Waals surface area (Å²) in [6, 6.07) is 1.15. The van der Waals surface area contributed by atoms with E-state index in [-0.39, 0.29) is 16.9 Å². The molecule has 7 heteroatoms. The average Bonchev–Trinajstić information content (AvgIpc) is 2.58. The Morgan fingerprint density at radius 2 is 2.12 bits per heavy atom. The standard InChI is InChI=1S/C19H23FN2O4/c1-4-21-9-13(19(25)26)18(24)12-7-14(20)17(11(3)16(12)21)22-6-5-15(23)10(2)8-22/h7,9-10,15,23H,4-6,8H2,1-3H3,(H,25,26). The number of aromatic carboxylic acids is 1. The summed E-state index contributed by atoms with van der Waals surface area (Å²) in [4.78, 5) is 25.8. The third-order valence-corrected chi connectivity index (χ3v) is 5.27. The zero-order valence-electron chi connectivity index (χ0n) is 15.1. The van der Waals surface area contributed by atoms with Crippen molar-refractivity contribution in [1.29, 1.82) is 0 Å². The van der Waals surface area contributed by atoms with Crippen LogP contribution in [0.1, 0.15) is 36.2 Å². The number of anilines is 1. The number of carboxylic acids is 1. The van der Waals surface area contributed by atoms with Gasteiger partial charge < -0.3 is 19.7 Å². The van der Waals surface area contributed by atoms with E-state index in [1.54, 1.807) is 11.5 Å². The lowest BCUT2D eigenvalue weighted by molar-refractivity contribution is 0.0694. The first-order valence-corrected chi connectivity index (χ1v) is 8.78. The Hall–Kier alpha value is -2.41. The maximum absolute atomic E-state index is 14.9. The smallest absolute Gasteiger partial charge is 0.341 e. The number of pyridine rings is 1. The molecule has 6 nitrogen and oxygen atoms in total. The molecule has 2 heterocycles. The van der Waals surface area contributed by atoms with Gasteiger partial charge in [0.05, 0.1) is 17.3 Å². The predicted octanol–water partition coefficient (Wildman–Crippen LogP) is 2.37. The minimum atomic E-state index is -1.32. The molecule has 1 saturated heterocycles. The SMILES string of the molecule is CCn1cc(C(=O)O)c(=O)c2cc(F)c(N3CCC(O)C(C)C3)c(C)c21. The van der Waals surface area contributed by atoms with E-state index in [0.29, 0.717) is 42.8 Å². The zero-order valence-corrected chi connectivity index (χ0v) is 15.1. The number of rotatable bonds is 3. The molecule has 1 fully saturated rings. The number of fused-ring (bicyclic) bond motifs is 1. The first-order valence-electron chi connectivity index (χ1n) is 8.78. The summed E-state index contributed by atoms with van der Waals surface area (Å²) >= 11 is 0. The molecule has 1 aliphatic heterocycles. The van der Waals surface area contributed by atoms with Crippen molar-refractivity contribution < 1.29 is 19.4 Å². The number of aromatic nitrogens is 1. The van der Waals surface area contributed by atoms with Gasteiger partial charge in [0.1, 0.15) is 11.4 Å². The zero-order chi connectivity index (χ0) is 19.2. The average molecular weight is 362 g/mol. The van der Waals surface area contributed by atoms with Gasteiger partial charge in [0.2, 0.25) is 5.43 Å². The summed E-state index contributed by atoms with van der Waals surface area (Å²) in [5.41, 5.74) is 0.548. The molecule has 1 aliphatic rings. The van der Waals surface area contributed by atoms with Crippen molar-refractivity contribution in [3.05, 3.63) is 39.4 Å². The van der Waals surface area contributed by atoms with E-state index >= 15 is 0 Å². The van der Waals surface area contributed by atoms with Crippen LogP contribution in [0.3, 0.4) is 0 Å². The Morgan fingerprint density at radius 1 is 1.42 bits per heavy atom. The topological polar surface area (TPSA) is 82.8 Å². The highest BCUT2D eigenvalue weighted by Gasteiger charge is 2.28. The Morgan fingerprint density at radius 3 is 2.69 bits per heavy atom. The summed E-state index contributed by atoms with van der Waals surface area (Å²) in [5, 5.41) is 19.3. The normalized spacial score (nSPS) is 20.6. The van der Waals surface area contributed by atoms with Crippen molar-refractivity contribution >= 4 is 22.6 Å². The molecular weight excluding hydrogens is 339 g/mol. The van der Waals surface area contributed by atoms with E-state index in [9.17, 15) is 24.2 Å². The van der Waals surface area contributed by atoms with Gasteiger partial charge in [0.25, 0.3) is 0 Å². The van der Waals surface area contributed by atoms with Crippen molar-refractivity contribution in [2.75, 3.05) is 18.0 Å². The molecule has 0 spiro atoms. The number of carboxylic acid groups (broad SMARTS) is 1. The minimum Gasteiger partial charge on any atom is -0.477 e. The van der Waals surface area contributed by atoms with Crippen molar-refractivity contribution in [3.63, 3.8) is 0 Å². The maximum Gasteiger partial charge on any atom is 0.341 e. The maximum atomic E-state index is 14.9. The van der Waals surface area contributed by atoms with E-state index in [0.717, 1.165) is 6.07 Å². The van der Waals surface area contributed by atoms with Gasteiger partial charge in [-0.05, 0) is 37.8 Å². The van der Waals surface area contributed by atoms with Crippen LogP contribution in [0.4, 0.5) is 10.1 Å². The van der Waals surface area contributed by atoms with E-state index < -0.39 is 23.3 Å². The molecule has 140 valence electrons. The Kier molecular flexibility index (Phi) is 4.75. The summed E-state index contributed by atoms with van der Waals surface area (Å²) in [5.74, 6) is -1.85. The number of hydrogen-bond donors (Lipinski definition) is 2. The highest BCUT2D eigenvalue weighted by atomic mass is 19.1. The molecule has 0 bridgehead atoms. The van der Waals surface area contributed by atoms with Gasteiger partial charge in [-0.15, -0.1) is 0 Å². The fraction of sp³-hybridized carbons (Fsp3) is 0.474. The van der Waals surface area contributed by atoms with Crippen LogP contribution in [0.2, 0.25) is 0 Å². The van der Waals surface area contributed by atoms with Crippen molar-refractivity contribution in [2.45, 2.75) is 39.8 Å². The molecule has 1 aromatic heterocycles. The molecule has 26 heavy (non-hydrogen) atoms. The van der Waals surface area contributed by atoms with Crippen LogP contribution in [0, 0.1) is 18.7 Å². The highest BCUT2D eigenvalue weighted by molar-refractivity contribution is 5.95. The monoisotopic (exact) mass is 362 g/mol. The second-order valence-corrected chi connectivity index (χ2v) is 6.97. The van der Waals surface area contributed by atoms with Crippen LogP contribution in [0.15, 0.2) is 17.1 Å². The number of aliphatic hydroxyl groups excluding tert-OH is 1. The van der Waals surface area contributed by atoms with Gasteiger partial charge in [0, 0.05) is 31.2 Å². The molecule has 0 amide bonds. The summed E-state index contributed by atoms with van der Waals surface area (Å²) < 4.78 is 16.6. The number of carbonyl (C=O) groups is 1. The first-order chi connectivity index (χ1) is 12.3. The van der Waals surface area contributed by atoms with Gasteiger partial charge in [-0.3, -0.25) is 4.79 Å². The molecular formula is C19H23FN2O4. The molecule has 2 unspecified atom stereocenters. The number of aliphatic hydroxyl groups is 1. The summed E-state index contributed by atoms with van der Waals surface area (Å²) in [7, 11) is 0. The lowest BCUT2D eigenvalue weighted by Crippen LogP contribution is -2.42. The van der Waals surface area contributed by atoms with Crippen molar-refractivity contribution in [3.8, 4) is 0 Å². The van der Waals surface area contributed by atoms with Gasteiger partial charge in [0.15, 0.2) is 0 Å². The third kappa shape index (κ3) is 2.86. The summed E-state index contributed by atoms with van der Waals surface area (Å²) in [6.07, 6.45) is 1.47. The predicted molar refractivity (Wildman–Crippen MR) is 97.5 cm³/mol. The number of piperidine rings is 1. The fourth-order valence-corrected chi connectivity index (χ4v) is 3.85. The number of hydrogen-bond acceptors (Lipinski definition) is 4. The van der Waals surface area contributed by atoms with E-state index in [2.05, 4.69) is 0 Å². The van der Waals surface area contributed by atoms with E-state index in [1.807, 2.05) is 18.7 Å². The summed E-state index contributed by atoms with van der Waals surface area (Å²) in [6.45, 7) is 7.02. The molecule has 2 atom stereocenters. The quantitative estimate of drug-likeness (QED) is 0.876. The number of aryl methyl sites for hydroxylation is 2. The number of benzene rings is 1. The Balaban J connectivity index is 2.27. The van der Waals surface area contributed by atoms with Crippen LogP contribution in [0.5, 0.6) is 0 Å². The minimum absolute atomic E-state index is 0.0148. The molecule has 0 aliphatic carbocycles. The molecule has 3 rings (SSSR count). The fourth-order valence-electron chi connectivity index (χ4n) is 3.85. The Labute approximate surface area is 150 Å². The Bertz CT molecular complexity index is 938. The lowest BCUT2D eigenvalue weighted by Gasteiger charge is -2.37. The van der Waals surface area contributed by atoms with Crippen LogP contribution in [-0.4, -0.2) is 39.9 Å². The largest absolute Gasteiger partial charge is 0.477 e. The van der Waals surface area contributed by atoms with Crippen LogP contribution in [0.25, 0.3) is 10.9 Å². The molecule has 2 N–H and O–H groups in total. The molecule has 0 saturated carbocycles. The van der Waals surface area contributed by atoms with Gasteiger partial charge in [-0.1, -0.05) is 6.92 Å². The first kappa shape index (κ1) is 18.4. The molecule has 0 radical (unpaired) electrons. The van der Waals surface area contributed by atoms with Gasteiger partial charge >= 0.3 is 5.97 Å². The van der Waals surface area contributed by atoms with E-state index in [4.69, 9.17) is 0 Å². The van der Waals surface area contributed by atoms with Gasteiger partial charge in [-0.25, -0.2) is 9.18 Å². The highest BCUT2D eigenvalue weighted by Crippen LogP contribution is 2.33. The van der Waals surface area contributed by atoms with E-state index in [1.165, 1.54) is 6.20 Å². The molecule has 2 aromatic rings. The third-order valence-electron chi connectivity index (χ3n) is 5.27. The number of nitrogens with zero attached hydrogens (tertiary/aromatic N) is 2. The van der Waals surface area contributed by atoms with Gasteiger partial charge in [-0.2, -0.15) is 0 Å². The lowest BCUT2D eigenvalue weighted by atomic mass is 9.95. The molecule has 1 aromatic carbocycles. The second-order valence-electron chi connectivity index (χ2n) is 6.97. The van der Waals surface area contributed by atoms with Crippen molar-refractivity contribution in [1.82, 2.24) is 4.57 Å². The van der Waals surface area contributed by atoms with Crippen molar-refractivity contribution in [2.24, 2.45) is 5.92 Å². The second kappa shape index (κ2) is 6.72. The number of halogens is 1. The van der Waals surface area contributed by atoms with Crippen LogP contribution < -0.4 is 10.3 Å².